The maximum absolute atomic E-state index is 12.2. The number of amides is 1. The molecule has 0 saturated heterocycles. The molecule has 0 unspecified atom stereocenters. The molecule has 0 aliphatic carbocycles. The third-order valence-corrected chi connectivity index (χ3v) is 5.26. The van der Waals surface area contributed by atoms with Crippen LogP contribution in [-0.4, -0.2) is 17.5 Å². The second-order valence-electron chi connectivity index (χ2n) is 7.91. The Morgan fingerprint density at radius 3 is 2.57 bits per heavy atom. The van der Waals surface area contributed by atoms with E-state index < -0.39 is 0 Å². The van der Waals surface area contributed by atoms with E-state index in [0.717, 1.165) is 11.3 Å². The summed E-state index contributed by atoms with van der Waals surface area (Å²) < 4.78 is 5.59. The van der Waals surface area contributed by atoms with Crippen LogP contribution in [-0.2, 0) is 16.6 Å². The molecule has 3 aromatic rings. The third kappa shape index (κ3) is 5.67. The fourth-order valence-electron chi connectivity index (χ4n) is 2.83. The van der Waals surface area contributed by atoms with Crippen molar-refractivity contribution >= 4 is 22.4 Å². The summed E-state index contributed by atoms with van der Waals surface area (Å²) in [5, 5.41) is 3.41. The quantitative estimate of drug-likeness (QED) is 0.612. The van der Waals surface area contributed by atoms with E-state index in [1.165, 1.54) is 28.0 Å². The molecule has 3 rings (SSSR count). The van der Waals surface area contributed by atoms with Crippen LogP contribution < -0.4 is 10.1 Å². The minimum Gasteiger partial charge on any atom is -0.484 e. The molecule has 5 heteroatoms. The molecule has 2 aromatic carbocycles. The number of aromatic nitrogens is 1. The molecule has 28 heavy (non-hydrogen) atoms. The van der Waals surface area contributed by atoms with Gasteiger partial charge in [0.1, 0.15) is 5.75 Å². The third-order valence-electron chi connectivity index (χ3n) is 4.35. The first kappa shape index (κ1) is 20.1. The van der Waals surface area contributed by atoms with E-state index in [1.54, 1.807) is 0 Å². The molecule has 0 spiro atoms. The fraction of sp³-hybridized carbons (Fsp3) is 0.304. The highest BCUT2D eigenvalue weighted by molar-refractivity contribution is 7.15. The number of carbonyl (C=O) groups is 1. The molecule has 1 amide bonds. The van der Waals surface area contributed by atoms with E-state index in [9.17, 15) is 4.79 Å². The average molecular weight is 395 g/mol. The van der Waals surface area contributed by atoms with Gasteiger partial charge in [-0.25, -0.2) is 4.98 Å². The molecule has 0 aliphatic rings. The Labute approximate surface area is 170 Å². The van der Waals surface area contributed by atoms with Crippen molar-refractivity contribution in [2.45, 2.75) is 39.5 Å². The first-order valence-corrected chi connectivity index (χ1v) is 10.1. The van der Waals surface area contributed by atoms with Gasteiger partial charge in [0.15, 0.2) is 11.7 Å². The topological polar surface area (TPSA) is 51.2 Å². The van der Waals surface area contributed by atoms with Crippen molar-refractivity contribution in [2.75, 3.05) is 11.9 Å². The molecule has 1 N–H and O–H groups in total. The average Bonchev–Trinajstić information content (AvgIpc) is 3.06. The van der Waals surface area contributed by atoms with Crippen LogP contribution in [0.3, 0.4) is 0 Å². The van der Waals surface area contributed by atoms with Gasteiger partial charge in [0, 0.05) is 17.5 Å². The molecule has 1 heterocycles. The van der Waals surface area contributed by atoms with Crippen molar-refractivity contribution < 1.29 is 9.53 Å². The van der Waals surface area contributed by atoms with Crippen molar-refractivity contribution in [1.82, 2.24) is 4.98 Å². The maximum Gasteiger partial charge on any atom is 0.264 e. The van der Waals surface area contributed by atoms with Crippen LogP contribution >= 0.6 is 11.3 Å². The molecule has 1 aromatic heterocycles. The zero-order chi connectivity index (χ0) is 20.1. The van der Waals surface area contributed by atoms with Gasteiger partial charge in [-0.05, 0) is 35.6 Å². The monoisotopic (exact) mass is 394 g/mol. The fourth-order valence-corrected chi connectivity index (χ4v) is 3.69. The Balaban J connectivity index is 1.50. The summed E-state index contributed by atoms with van der Waals surface area (Å²) in [6.07, 6.45) is 2.63. The molecule has 0 atom stereocenters. The van der Waals surface area contributed by atoms with Crippen LogP contribution in [0, 0.1) is 6.92 Å². The number of thiazole rings is 1. The van der Waals surface area contributed by atoms with Crippen molar-refractivity contribution in [3.05, 3.63) is 76.3 Å². The Morgan fingerprint density at radius 2 is 1.89 bits per heavy atom. The lowest BCUT2D eigenvalue weighted by atomic mass is 9.87. The number of hydrogen-bond acceptors (Lipinski definition) is 4. The van der Waals surface area contributed by atoms with E-state index in [-0.39, 0.29) is 17.9 Å². The van der Waals surface area contributed by atoms with Gasteiger partial charge in [0.25, 0.3) is 5.91 Å². The number of carbonyl (C=O) groups excluding carboxylic acids is 1. The van der Waals surface area contributed by atoms with Crippen LogP contribution in [0.15, 0.2) is 54.7 Å². The van der Waals surface area contributed by atoms with Gasteiger partial charge in [-0.3, -0.25) is 10.1 Å². The van der Waals surface area contributed by atoms with Crippen molar-refractivity contribution in [3.63, 3.8) is 0 Å². The van der Waals surface area contributed by atoms with Gasteiger partial charge in [-0.2, -0.15) is 0 Å². The normalized spacial score (nSPS) is 11.3. The SMILES string of the molecule is Cc1cccc(Cc2cnc(NC(=O)COc3ccc(C(C)(C)C)cc3)s2)c1. The highest BCUT2D eigenvalue weighted by atomic mass is 32.1. The van der Waals surface area contributed by atoms with Crippen molar-refractivity contribution in [1.29, 1.82) is 0 Å². The van der Waals surface area contributed by atoms with E-state index in [2.05, 4.69) is 62.3 Å². The zero-order valence-electron chi connectivity index (χ0n) is 16.8. The van der Waals surface area contributed by atoms with Gasteiger partial charge in [0.05, 0.1) is 0 Å². The molecular formula is C23H26N2O2S. The molecule has 0 radical (unpaired) electrons. The molecule has 0 fully saturated rings. The summed E-state index contributed by atoms with van der Waals surface area (Å²) in [4.78, 5) is 17.6. The standard InChI is InChI=1S/C23H26N2O2S/c1-16-6-5-7-17(12-16)13-20-14-24-22(28-20)25-21(26)15-27-19-10-8-18(9-11-19)23(2,3)4/h5-12,14H,13,15H2,1-4H3,(H,24,25,26). The number of nitrogens with one attached hydrogen (secondary N) is 1. The minimum absolute atomic E-state index is 0.0400. The summed E-state index contributed by atoms with van der Waals surface area (Å²) >= 11 is 1.49. The Hall–Kier alpha value is -2.66. The van der Waals surface area contributed by atoms with Gasteiger partial charge >= 0.3 is 0 Å². The molecule has 146 valence electrons. The summed E-state index contributed by atoms with van der Waals surface area (Å²) in [5.41, 5.74) is 3.80. The van der Waals surface area contributed by atoms with Gasteiger partial charge in [0.2, 0.25) is 0 Å². The number of nitrogens with zero attached hydrogens (tertiary/aromatic N) is 1. The highest BCUT2D eigenvalue weighted by Crippen LogP contribution is 2.24. The lowest BCUT2D eigenvalue weighted by Crippen LogP contribution is -2.20. The Kier molecular flexibility index (Phi) is 6.15. The number of ether oxygens (including phenoxy) is 1. The first-order valence-electron chi connectivity index (χ1n) is 9.33. The summed E-state index contributed by atoms with van der Waals surface area (Å²) in [5.74, 6) is 0.471. The van der Waals surface area contributed by atoms with E-state index in [0.29, 0.717) is 10.9 Å². The lowest BCUT2D eigenvalue weighted by molar-refractivity contribution is -0.118. The second kappa shape index (κ2) is 8.57. The van der Waals surface area contributed by atoms with Crippen LogP contribution in [0.5, 0.6) is 5.75 Å². The summed E-state index contributed by atoms with van der Waals surface area (Å²) in [6, 6.07) is 16.3. The predicted octanol–water partition coefficient (Wildman–Crippen LogP) is 5.36. The molecule has 0 saturated carbocycles. The number of hydrogen-bond donors (Lipinski definition) is 1. The Morgan fingerprint density at radius 1 is 1.14 bits per heavy atom. The van der Waals surface area contributed by atoms with Crippen molar-refractivity contribution in [3.8, 4) is 5.75 Å². The summed E-state index contributed by atoms with van der Waals surface area (Å²) in [6.45, 7) is 8.53. The predicted molar refractivity (Wildman–Crippen MR) is 115 cm³/mol. The van der Waals surface area contributed by atoms with E-state index in [1.807, 2.05) is 30.5 Å². The van der Waals surface area contributed by atoms with E-state index >= 15 is 0 Å². The Bertz CT molecular complexity index is 940. The van der Waals surface area contributed by atoms with Crippen LogP contribution in [0.25, 0.3) is 0 Å². The lowest BCUT2D eigenvalue weighted by Gasteiger charge is -2.19. The van der Waals surface area contributed by atoms with Gasteiger partial charge < -0.3 is 4.74 Å². The van der Waals surface area contributed by atoms with Crippen molar-refractivity contribution in [2.24, 2.45) is 0 Å². The minimum atomic E-state index is -0.212. The summed E-state index contributed by atoms with van der Waals surface area (Å²) in [7, 11) is 0. The molecule has 4 nitrogen and oxygen atoms in total. The number of benzene rings is 2. The van der Waals surface area contributed by atoms with Crippen LogP contribution in [0.4, 0.5) is 5.13 Å². The number of aryl methyl sites for hydroxylation is 1. The second-order valence-corrected chi connectivity index (χ2v) is 9.02. The molecule has 0 aliphatic heterocycles. The van der Waals surface area contributed by atoms with Gasteiger partial charge in [-0.15, -0.1) is 11.3 Å². The first-order chi connectivity index (χ1) is 13.3. The number of anilines is 1. The van der Waals surface area contributed by atoms with Crippen LogP contribution in [0.1, 0.15) is 42.3 Å². The highest BCUT2D eigenvalue weighted by Gasteiger charge is 2.13. The molecular weight excluding hydrogens is 368 g/mol. The van der Waals surface area contributed by atoms with Crippen LogP contribution in [0.2, 0.25) is 0 Å². The smallest absolute Gasteiger partial charge is 0.264 e. The van der Waals surface area contributed by atoms with Gasteiger partial charge in [-0.1, -0.05) is 62.7 Å². The zero-order valence-corrected chi connectivity index (χ0v) is 17.6. The molecule has 0 bridgehead atoms. The maximum atomic E-state index is 12.2. The number of rotatable bonds is 6. The van der Waals surface area contributed by atoms with E-state index in [4.69, 9.17) is 4.74 Å². The largest absolute Gasteiger partial charge is 0.484 e.